The lowest BCUT2D eigenvalue weighted by Gasteiger charge is -2.26. The van der Waals surface area contributed by atoms with Crippen LogP contribution in [0.1, 0.15) is 23.6 Å². The molecular weight excluding hydrogens is 348 g/mol. The van der Waals surface area contributed by atoms with Crippen LogP contribution in [0.4, 0.5) is 5.69 Å². The summed E-state index contributed by atoms with van der Waals surface area (Å²) in [5.74, 6) is -0.194. The molecule has 0 saturated heterocycles. The van der Waals surface area contributed by atoms with Crippen LogP contribution in [0.15, 0.2) is 48.5 Å². The average Bonchev–Trinajstić information content (AvgIpc) is 2.91. The molecule has 1 atom stereocenters. The van der Waals surface area contributed by atoms with E-state index in [1.807, 2.05) is 62.4 Å². The Morgan fingerprint density at radius 1 is 1.15 bits per heavy atom. The minimum atomic E-state index is -3.51. The molecule has 0 radical (unpaired) electrons. The fraction of sp³-hybridized carbons (Fsp3) is 0.350. The van der Waals surface area contributed by atoms with Crippen molar-refractivity contribution in [2.24, 2.45) is 0 Å². The Kier molecular flexibility index (Phi) is 5.16. The summed E-state index contributed by atoms with van der Waals surface area (Å²) in [6.07, 6.45) is 1.94. The summed E-state index contributed by atoms with van der Waals surface area (Å²) < 4.78 is 25.7. The SMILES string of the molecule is Cc1ccc(CN(CC(=O)N2c3ccccc3C[C@H]2C)S(C)(=O)=O)cc1. The number of rotatable bonds is 5. The van der Waals surface area contributed by atoms with E-state index in [0.717, 1.165) is 35.1 Å². The molecule has 1 aliphatic rings. The lowest BCUT2D eigenvalue weighted by atomic mass is 10.1. The van der Waals surface area contributed by atoms with E-state index >= 15 is 0 Å². The van der Waals surface area contributed by atoms with Crippen molar-refractivity contribution < 1.29 is 13.2 Å². The topological polar surface area (TPSA) is 57.7 Å². The zero-order valence-electron chi connectivity index (χ0n) is 15.3. The molecule has 0 aliphatic carbocycles. The fourth-order valence-corrected chi connectivity index (χ4v) is 4.09. The molecule has 0 fully saturated rings. The second-order valence-electron chi connectivity index (χ2n) is 6.96. The minimum Gasteiger partial charge on any atom is -0.308 e. The lowest BCUT2D eigenvalue weighted by Crippen LogP contribution is -2.44. The van der Waals surface area contributed by atoms with Gasteiger partial charge in [0.25, 0.3) is 0 Å². The Morgan fingerprint density at radius 2 is 1.81 bits per heavy atom. The number of anilines is 1. The van der Waals surface area contributed by atoms with Crippen LogP contribution in [-0.4, -0.2) is 37.5 Å². The molecule has 1 amide bonds. The zero-order chi connectivity index (χ0) is 18.9. The molecule has 2 aromatic rings. The summed E-state index contributed by atoms with van der Waals surface area (Å²) in [5, 5.41) is 0. The Balaban J connectivity index is 1.81. The standard InChI is InChI=1S/C20H24N2O3S/c1-15-8-10-17(11-9-15)13-21(26(3,24)25)14-20(23)22-16(2)12-18-6-4-5-7-19(18)22/h4-11,16H,12-14H2,1-3H3/t16-/m1/s1. The first-order chi connectivity index (χ1) is 12.3. The third-order valence-electron chi connectivity index (χ3n) is 4.74. The van der Waals surface area contributed by atoms with Crippen molar-refractivity contribution in [1.82, 2.24) is 4.31 Å². The van der Waals surface area contributed by atoms with Gasteiger partial charge < -0.3 is 4.90 Å². The number of hydrogen-bond acceptors (Lipinski definition) is 3. The van der Waals surface area contributed by atoms with E-state index in [9.17, 15) is 13.2 Å². The molecule has 1 aliphatic heterocycles. The molecule has 5 nitrogen and oxygen atoms in total. The van der Waals surface area contributed by atoms with Crippen LogP contribution in [0.5, 0.6) is 0 Å². The third-order valence-corrected chi connectivity index (χ3v) is 5.93. The van der Waals surface area contributed by atoms with Gasteiger partial charge >= 0.3 is 0 Å². The number of carbonyl (C=O) groups is 1. The number of nitrogens with zero attached hydrogens (tertiary/aromatic N) is 2. The molecular formula is C20H24N2O3S. The summed E-state index contributed by atoms with van der Waals surface area (Å²) in [6.45, 7) is 4.00. The molecule has 26 heavy (non-hydrogen) atoms. The fourth-order valence-electron chi connectivity index (χ4n) is 3.36. The summed E-state index contributed by atoms with van der Waals surface area (Å²) in [5.41, 5.74) is 3.98. The van der Waals surface area contributed by atoms with Crippen LogP contribution in [0.2, 0.25) is 0 Å². The van der Waals surface area contributed by atoms with Gasteiger partial charge in [0.1, 0.15) is 0 Å². The number of hydrogen-bond donors (Lipinski definition) is 0. The van der Waals surface area contributed by atoms with Crippen LogP contribution in [0.25, 0.3) is 0 Å². The van der Waals surface area contributed by atoms with Gasteiger partial charge in [0.15, 0.2) is 0 Å². The van der Waals surface area contributed by atoms with Crippen LogP contribution < -0.4 is 4.90 Å². The number of para-hydroxylation sites is 1. The quantitative estimate of drug-likeness (QED) is 0.811. The molecule has 0 saturated carbocycles. The van der Waals surface area contributed by atoms with Crippen molar-refractivity contribution in [2.45, 2.75) is 32.9 Å². The highest BCUT2D eigenvalue weighted by molar-refractivity contribution is 7.88. The lowest BCUT2D eigenvalue weighted by molar-refractivity contribution is -0.119. The van der Waals surface area contributed by atoms with Crippen molar-refractivity contribution in [2.75, 3.05) is 17.7 Å². The van der Waals surface area contributed by atoms with Gasteiger partial charge in [0, 0.05) is 18.3 Å². The van der Waals surface area contributed by atoms with Gasteiger partial charge in [-0.15, -0.1) is 0 Å². The largest absolute Gasteiger partial charge is 0.308 e. The highest BCUT2D eigenvalue weighted by Gasteiger charge is 2.32. The van der Waals surface area contributed by atoms with Crippen LogP contribution in [-0.2, 0) is 27.8 Å². The van der Waals surface area contributed by atoms with Crippen molar-refractivity contribution in [1.29, 1.82) is 0 Å². The molecule has 0 aromatic heterocycles. The van der Waals surface area contributed by atoms with Gasteiger partial charge in [-0.1, -0.05) is 48.0 Å². The van der Waals surface area contributed by atoms with Gasteiger partial charge in [-0.2, -0.15) is 4.31 Å². The first-order valence-corrected chi connectivity index (χ1v) is 10.5. The monoisotopic (exact) mass is 372 g/mol. The molecule has 0 spiro atoms. The second kappa shape index (κ2) is 7.21. The summed E-state index contributed by atoms with van der Waals surface area (Å²) in [7, 11) is -3.51. The van der Waals surface area contributed by atoms with E-state index in [-0.39, 0.29) is 25.0 Å². The number of fused-ring (bicyclic) bond motifs is 1. The smallest absolute Gasteiger partial charge is 0.242 e. The van der Waals surface area contributed by atoms with Crippen molar-refractivity contribution in [3.8, 4) is 0 Å². The van der Waals surface area contributed by atoms with Crippen molar-refractivity contribution in [3.05, 3.63) is 65.2 Å². The summed E-state index contributed by atoms with van der Waals surface area (Å²) >= 11 is 0. The third kappa shape index (κ3) is 3.97. The van der Waals surface area contributed by atoms with E-state index in [0.29, 0.717) is 0 Å². The van der Waals surface area contributed by atoms with E-state index in [1.165, 1.54) is 4.31 Å². The molecule has 2 aromatic carbocycles. The van der Waals surface area contributed by atoms with Gasteiger partial charge in [-0.3, -0.25) is 4.79 Å². The number of amides is 1. The Morgan fingerprint density at radius 3 is 2.46 bits per heavy atom. The van der Waals surface area contributed by atoms with Crippen molar-refractivity contribution >= 4 is 21.6 Å². The van der Waals surface area contributed by atoms with E-state index in [2.05, 4.69) is 0 Å². The molecule has 138 valence electrons. The van der Waals surface area contributed by atoms with E-state index in [4.69, 9.17) is 0 Å². The molecule has 6 heteroatoms. The molecule has 0 N–H and O–H groups in total. The zero-order valence-corrected chi connectivity index (χ0v) is 16.2. The number of sulfonamides is 1. The van der Waals surface area contributed by atoms with Crippen LogP contribution in [0.3, 0.4) is 0 Å². The number of aryl methyl sites for hydroxylation is 1. The molecule has 3 rings (SSSR count). The maximum atomic E-state index is 12.9. The first kappa shape index (κ1) is 18.6. The maximum absolute atomic E-state index is 12.9. The van der Waals surface area contributed by atoms with Crippen molar-refractivity contribution in [3.63, 3.8) is 0 Å². The number of benzene rings is 2. The van der Waals surface area contributed by atoms with Gasteiger partial charge in [0.05, 0.1) is 12.8 Å². The van der Waals surface area contributed by atoms with Gasteiger partial charge in [-0.05, 0) is 37.5 Å². The Labute approximate surface area is 155 Å². The normalized spacial score (nSPS) is 16.8. The highest BCUT2D eigenvalue weighted by atomic mass is 32.2. The van der Waals surface area contributed by atoms with Gasteiger partial charge in [-0.25, -0.2) is 8.42 Å². The minimum absolute atomic E-state index is 0.0284. The first-order valence-electron chi connectivity index (χ1n) is 8.66. The second-order valence-corrected chi connectivity index (χ2v) is 8.94. The predicted octanol–water partition coefficient (Wildman–Crippen LogP) is 2.73. The van der Waals surface area contributed by atoms with Gasteiger partial charge in [0.2, 0.25) is 15.9 Å². The predicted molar refractivity (Wildman–Crippen MR) is 104 cm³/mol. The Hall–Kier alpha value is -2.18. The maximum Gasteiger partial charge on any atom is 0.242 e. The molecule has 1 heterocycles. The number of carbonyl (C=O) groups excluding carboxylic acids is 1. The summed E-state index contributed by atoms with van der Waals surface area (Å²) in [4.78, 5) is 14.7. The Bertz CT molecular complexity index is 907. The average molecular weight is 372 g/mol. The molecule has 0 bridgehead atoms. The van der Waals surface area contributed by atoms with Crippen LogP contribution >= 0.6 is 0 Å². The van der Waals surface area contributed by atoms with Crippen LogP contribution in [0, 0.1) is 6.92 Å². The highest BCUT2D eigenvalue weighted by Crippen LogP contribution is 2.32. The van der Waals surface area contributed by atoms with E-state index in [1.54, 1.807) is 4.90 Å². The summed E-state index contributed by atoms with van der Waals surface area (Å²) in [6, 6.07) is 15.5. The van der Waals surface area contributed by atoms with E-state index < -0.39 is 10.0 Å². The molecule has 0 unspecified atom stereocenters.